The number of rotatable bonds is 2. The lowest BCUT2D eigenvalue weighted by molar-refractivity contribution is -0.146. The average Bonchev–Trinajstić information content (AvgIpc) is 2.26. The second-order valence-corrected chi connectivity index (χ2v) is 5.40. The fourth-order valence-corrected chi connectivity index (χ4v) is 2.56. The molecule has 0 atom stereocenters. The lowest BCUT2D eigenvalue weighted by Gasteiger charge is -2.42. The number of likely N-dealkylation sites (tertiary alicyclic amines) is 2. The van der Waals surface area contributed by atoms with Crippen LogP contribution in [0.1, 0.15) is 12.8 Å². The minimum Gasteiger partial charge on any atom is -0.481 e. The average molecular weight is 255 g/mol. The van der Waals surface area contributed by atoms with Gasteiger partial charge in [-0.25, -0.2) is 4.79 Å². The standard InChI is InChI=1S/C12H21N3O3/c1-13(2)10-3-5-14(6-4-10)12(18)15-7-9(8-15)11(16)17/h9-10H,3-8H2,1-2H3,(H,16,17). The van der Waals surface area contributed by atoms with Crippen LogP contribution in [0.15, 0.2) is 0 Å². The number of aliphatic carboxylic acids is 1. The topological polar surface area (TPSA) is 64.1 Å². The van der Waals surface area contributed by atoms with E-state index in [0.717, 1.165) is 25.9 Å². The van der Waals surface area contributed by atoms with E-state index in [1.54, 1.807) is 4.90 Å². The third-order valence-corrected chi connectivity index (χ3v) is 3.97. The minimum absolute atomic E-state index is 0.00436. The van der Waals surface area contributed by atoms with Crippen molar-refractivity contribution in [3.05, 3.63) is 0 Å². The Hall–Kier alpha value is -1.30. The quantitative estimate of drug-likeness (QED) is 0.763. The Morgan fingerprint density at radius 2 is 1.67 bits per heavy atom. The molecule has 0 aliphatic carbocycles. The summed E-state index contributed by atoms with van der Waals surface area (Å²) in [7, 11) is 4.13. The van der Waals surface area contributed by atoms with Gasteiger partial charge >= 0.3 is 12.0 Å². The predicted molar refractivity (Wildman–Crippen MR) is 66.4 cm³/mol. The third kappa shape index (κ3) is 2.58. The Labute approximate surface area is 107 Å². The molecular formula is C12H21N3O3. The van der Waals surface area contributed by atoms with Gasteiger partial charge in [0.2, 0.25) is 0 Å². The zero-order chi connectivity index (χ0) is 13.3. The van der Waals surface area contributed by atoms with Crippen LogP contribution in [0.25, 0.3) is 0 Å². The lowest BCUT2D eigenvalue weighted by atomic mass is 10.0. The summed E-state index contributed by atoms with van der Waals surface area (Å²) in [5.74, 6) is -1.17. The highest BCUT2D eigenvalue weighted by Gasteiger charge is 2.38. The molecule has 2 fully saturated rings. The summed E-state index contributed by atoms with van der Waals surface area (Å²) in [6.45, 7) is 2.27. The second kappa shape index (κ2) is 5.14. The lowest BCUT2D eigenvalue weighted by Crippen LogP contribution is -2.58. The molecule has 0 spiro atoms. The number of hydrogen-bond donors (Lipinski definition) is 1. The molecule has 6 heteroatoms. The number of amides is 2. The van der Waals surface area contributed by atoms with Gasteiger partial charge in [-0.05, 0) is 26.9 Å². The Morgan fingerprint density at radius 1 is 1.11 bits per heavy atom. The number of carbonyl (C=O) groups is 2. The van der Waals surface area contributed by atoms with Gasteiger partial charge in [0, 0.05) is 32.2 Å². The van der Waals surface area contributed by atoms with Gasteiger partial charge < -0.3 is 19.8 Å². The van der Waals surface area contributed by atoms with E-state index in [1.807, 2.05) is 4.90 Å². The molecule has 0 radical (unpaired) electrons. The fraction of sp³-hybridized carbons (Fsp3) is 0.833. The van der Waals surface area contributed by atoms with Crippen molar-refractivity contribution < 1.29 is 14.7 Å². The van der Waals surface area contributed by atoms with Crippen LogP contribution in [-0.2, 0) is 4.79 Å². The van der Waals surface area contributed by atoms with Crippen LogP contribution in [0.3, 0.4) is 0 Å². The molecule has 0 aromatic rings. The van der Waals surface area contributed by atoms with E-state index in [9.17, 15) is 9.59 Å². The molecule has 2 aliphatic heterocycles. The summed E-state index contributed by atoms with van der Waals surface area (Å²) < 4.78 is 0. The number of carbonyl (C=O) groups excluding carboxylic acids is 1. The molecule has 0 aromatic carbocycles. The molecule has 2 heterocycles. The molecule has 0 saturated carbocycles. The van der Waals surface area contributed by atoms with E-state index in [1.165, 1.54) is 0 Å². The van der Waals surface area contributed by atoms with Crippen molar-refractivity contribution in [2.24, 2.45) is 5.92 Å². The van der Waals surface area contributed by atoms with Crippen LogP contribution in [0.2, 0.25) is 0 Å². The van der Waals surface area contributed by atoms with E-state index < -0.39 is 5.97 Å². The van der Waals surface area contributed by atoms with Crippen LogP contribution < -0.4 is 0 Å². The number of piperidine rings is 1. The van der Waals surface area contributed by atoms with Crippen LogP contribution in [0.5, 0.6) is 0 Å². The van der Waals surface area contributed by atoms with Crippen LogP contribution in [-0.4, -0.2) is 78.1 Å². The zero-order valence-electron chi connectivity index (χ0n) is 11.0. The monoisotopic (exact) mass is 255 g/mol. The first-order valence-corrected chi connectivity index (χ1v) is 6.42. The van der Waals surface area contributed by atoms with E-state index >= 15 is 0 Å². The molecular weight excluding hydrogens is 234 g/mol. The Morgan fingerprint density at radius 3 is 2.11 bits per heavy atom. The molecule has 2 aliphatic rings. The van der Waals surface area contributed by atoms with Gasteiger partial charge in [0.05, 0.1) is 5.92 Å². The molecule has 1 N–H and O–H groups in total. The van der Waals surface area contributed by atoms with Crippen LogP contribution in [0, 0.1) is 5.92 Å². The molecule has 2 rings (SSSR count). The molecule has 0 bridgehead atoms. The number of carboxylic acid groups (broad SMARTS) is 1. The van der Waals surface area contributed by atoms with Crippen molar-refractivity contribution in [3.63, 3.8) is 0 Å². The van der Waals surface area contributed by atoms with Gasteiger partial charge in [0.15, 0.2) is 0 Å². The van der Waals surface area contributed by atoms with Gasteiger partial charge in [0.1, 0.15) is 0 Å². The summed E-state index contributed by atoms with van der Waals surface area (Å²) in [5, 5.41) is 8.78. The largest absolute Gasteiger partial charge is 0.481 e. The van der Waals surface area contributed by atoms with E-state index in [0.29, 0.717) is 19.1 Å². The molecule has 2 amide bonds. The van der Waals surface area contributed by atoms with Crippen molar-refractivity contribution in [3.8, 4) is 0 Å². The summed E-state index contributed by atoms with van der Waals surface area (Å²) in [6.07, 6.45) is 1.99. The van der Waals surface area contributed by atoms with Gasteiger partial charge in [-0.3, -0.25) is 4.79 Å². The summed E-state index contributed by atoms with van der Waals surface area (Å²) in [4.78, 5) is 28.4. The number of hydrogen-bond acceptors (Lipinski definition) is 3. The Bertz CT molecular complexity index is 331. The maximum absolute atomic E-state index is 12.1. The van der Waals surface area contributed by atoms with Crippen molar-refractivity contribution in [2.45, 2.75) is 18.9 Å². The highest BCUT2D eigenvalue weighted by atomic mass is 16.4. The molecule has 0 unspecified atom stereocenters. The molecule has 18 heavy (non-hydrogen) atoms. The first-order chi connectivity index (χ1) is 8.49. The van der Waals surface area contributed by atoms with Crippen LogP contribution in [0.4, 0.5) is 4.79 Å². The van der Waals surface area contributed by atoms with Crippen LogP contribution >= 0.6 is 0 Å². The summed E-state index contributed by atoms with van der Waals surface area (Å²) in [6, 6.07) is 0.557. The summed E-state index contributed by atoms with van der Waals surface area (Å²) in [5.41, 5.74) is 0. The first-order valence-electron chi connectivity index (χ1n) is 6.42. The number of urea groups is 1. The second-order valence-electron chi connectivity index (χ2n) is 5.40. The minimum atomic E-state index is -0.801. The van der Waals surface area contributed by atoms with Crippen molar-refractivity contribution in [1.82, 2.24) is 14.7 Å². The van der Waals surface area contributed by atoms with E-state index in [-0.39, 0.29) is 11.9 Å². The maximum atomic E-state index is 12.1. The van der Waals surface area contributed by atoms with E-state index in [4.69, 9.17) is 5.11 Å². The zero-order valence-corrected chi connectivity index (χ0v) is 11.0. The Kier molecular flexibility index (Phi) is 3.75. The SMILES string of the molecule is CN(C)C1CCN(C(=O)N2CC(C(=O)O)C2)CC1. The molecule has 6 nitrogen and oxygen atoms in total. The highest BCUT2D eigenvalue weighted by Crippen LogP contribution is 2.21. The van der Waals surface area contributed by atoms with Crippen molar-refractivity contribution in [2.75, 3.05) is 40.3 Å². The van der Waals surface area contributed by atoms with Crippen molar-refractivity contribution >= 4 is 12.0 Å². The van der Waals surface area contributed by atoms with Gasteiger partial charge in [-0.2, -0.15) is 0 Å². The van der Waals surface area contributed by atoms with E-state index in [2.05, 4.69) is 19.0 Å². The smallest absolute Gasteiger partial charge is 0.320 e. The molecule has 0 aromatic heterocycles. The normalized spacial score (nSPS) is 22.2. The Balaban J connectivity index is 1.77. The third-order valence-electron chi connectivity index (χ3n) is 3.97. The fourth-order valence-electron chi connectivity index (χ4n) is 2.56. The first kappa shape index (κ1) is 13.1. The van der Waals surface area contributed by atoms with Gasteiger partial charge in [-0.15, -0.1) is 0 Å². The molecule has 102 valence electrons. The number of nitrogens with zero attached hydrogens (tertiary/aromatic N) is 3. The maximum Gasteiger partial charge on any atom is 0.320 e. The predicted octanol–water partition coefficient (Wildman–Crippen LogP) is 0.149. The summed E-state index contributed by atoms with van der Waals surface area (Å²) >= 11 is 0. The van der Waals surface area contributed by atoms with Crippen molar-refractivity contribution in [1.29, 1.82) is 0 Å². The number of carboxylic acids is 1. The molecule has 2 saturated heterocycles. The van der Waals surface area contributed by atoms with Gasteiger partial charge in [-0.1, -0.05) is 0 Å². The highest BCUT2D eigenvalue weighted by molar-refractivity contribution is 5.79. The van der Waals surface area contributed by atoms with Gasteiger partial charge in [0.25, 0.3) is 0 Å².